The molecule has 22 heavy (non-hydrogen) atoms. The molecule has 122 valence electrons. The monoisotopic (exact) mass is 347 g/mol. The number of carboxylic acid groups (broad SMARTS) is 1. The summed E-state index contributed by atoms with van der Waals surface area (Å²) in [6, 6.07) is 3.74. The van der Waals surface area contributed by atoms with Gasteiger partial charge in [0.15, 0.2) is 0 Å². The Labute approximate surface area is 134 Å². The van der Waals surface area contributed by atoms with Gasteiger partial charge in [-0.05, 0) is 25.0 Å². The van der Waals surface area contributed by atoms with E-state index in [-0.39, 0.29) is 17.2 Å². The summed E-state index contributed by atoms with van der Waals surface area (Å²) in [6.07, 6.45) is 0.745. The van der Waals surface area contributed by atoms with Crippen LogP contribution in [0, 0.1) is 5.92 Å². The topological polar surface area (TPSA) is 83.9 Å². The smallest absolute Gasteiger partial charge is 0.308 e. The highest BCUT2D eigenvalue weighted by atomic mass is 35.5. The van der Waals surface area contributed by atoms with E-state index in [9.17, 15) is 18.3 Å². The summed E-state index contributed by atoms with van der Waals surface area (Å²) in [5, 5.41) is 9.61. The molecule has 1 aliphatic rings. The van der Waals surface area contributed by atoms with Crippen LogP contribution in [0.2, 0.25) is 5.02 Å². The van der Waals surface area contributed by atoms with Crippen LogP contribution in [-0.4, -0.2) is 43.5 Å². The van der Waals surface area contributed by atoms with Gasteiger partial charge in [-0.25, -0.2) is 8.42 Å². The fourth-order valence-electron chi connectivity index (χ4n) is 2.88. The highest BCUT2D eigenvalue weighted by Gasteiger charge is 2.44. The third-order valence-electron chi connectivity index (χ3n) is 3.94. The molecular weight excluding hydrogens is 330 g/mol. The Bertz CT molecular complexity index is 676. The third-order valence-corrected chi connectivity index (χ3v) is 6.14. The summed E-state index contributed by atoms with van der Waals surface area (Å²) in [5.41, 5.74) is 0. The first-order valence-electron chi connectivity index (χ1n) is 6.91. The molecular formula is C14H18ClNO5S. The number of carboxylic acids is 1. The number of halogens is 1. The van der Waals surface area contributed by atoms with E-state index < -0.39 is 28.0 Å². The number of carbonyl (C=O) groups is 1. The molecule has 0 bridgehead atoms. The summed E-state index contributed by atoms with van der Waals surface area (Å²) in [6.45, 7) is 1.97. The van der Waals surface area contributed by atoms with Crippen molar-refractivity contribution < 1.29 is 23.1 Å². The van der Waals surface area contributed by atoms with Crippen LogP contribution in [0.15, 0.2) is 23.1 Å². The second kappa shape index (κ2) is 6.44. The summed E-state index contributed by atoms with van der Waals surface area (Å²) in [7, 11) is -2.47. The van der Waals surface area contributed by atoms with Crippen molar-refractivity contribution in [3.8, 4) is 5.75 Å². The maximum absolute atomic E-state index is 12.9. The molecule has 1 saturated heterocycles. The van der Waals surface area contributed by atoms with E-state index >= 15 is 0 Å². The zero-order valence-corrected chi connectivity index (χ0v) is 13.9. The highest BCUT2D eigenvalue weighted by molar-refractivity contribution is 7.89. The van der Waals surface area contributed by atoms with Gasteiger partial charge >= 0.3 is 5.97 Å². The number of methoxy groups -OCH3 is 1. The zero-order chi connectivity index (χ0) is 16.5. The van der Waals surface area contributed by atoms with Crippen molar-refractivity contribution in [3.63, 3.8) is 0 Å². The van der Waals surface area contributed by atoms with Gasteiger partial charge in [0.25, 0.3) is 0 Å². The van der Waals surface area contributed by atoms with Gasteiger partial charge in [0.05, 0.1) is 13.0 Å². The van der Waals surface area contributed by atoms with E-state index in [0.717, 1.165) is 0 Å². The molecule has 2 rings (SSSR count). The van der Waals surface area contributed by atoms with Gasteiger partial charge in [0.1, 0.15) is 10.6 Å². The lowest BCUT2D eigenvalue weighted by Crippen LogP contribution is -2.39. The second-order valence-corrected chi connectivity index (χ2v) is 7.42. The van der Waals surface area contributed by atoms with E-state index in [1.54, 1.807) is 6.92 Å². The molecule has 1 aliphatic heterocycles. The van der Waals surface area contributed by atoms with Crippen molar-refractivity contribution in [1.82, 2.24) is 4.31 Å². The SMILES string of the molecule is CCC1C(C(=O)O)CCN1S(=O)(=O)c1ccc(Cl)cc1OC. The second-order valence-electron chi connectivity index (χ2n) is 5.12. The standard InChI is InChI=1S/C14H18ClNO5S/c1-3-11-10(14(17)18)6-7-16(11)22(19,20)13-5-4-9(15)8-12(13)21-2/h4-5,8,10-11H,3,6-7H2,1-2H3,(H,17,18). The summed E-state index contributed by atoms with van der Waals surface area (Å²) < 4.78 is 32.1. The van der Waals surface area contributed by atoms with Crippen molar-refractivity contribution in [1.29, 1.82) is 0 Å². The minimum atomic E-state index is -3.84. The summed E-state index contributed by atoms with van der Waals surface area (Å²) >= 11 is 5.86. The number of nitrogens with zero attached hydrogens (tertiary/aromatic N) is 1. The predicted octanol–water partition coefficient (Wildman–Crippen LogP) is 2.22. The Hall–Kier alpha value is -1.31. The highest BCUT2D eigenvalue weighted by Crippen LogP contribution is 2.36. The van der Waals surface area contributed by atoms with Crippen LogP contribution < -0.4 is 4.74 Å². The molecule has 1 heterocycles. The Morgan fingerprint density at radius 3 is 2.73 bits per heavy atom. The van der Waals surface area contributed by atoms with Gasteiger partial charge in [0, 0.05) is 23.7 Å². The molecule has 1 N–H and O–H groups in total. The van der Waals surface area contributed by atoms with E-state index in [1.165, 1.54) is 29.6 Å². The van der Waals surface area contributed by atoms with E-state index in [2.05, 4.69) is 0 Å². The third kappa shape index (κ3) is 2.93. The van der Waals surface area contributed by atoms with Gasteiger partial charge in [-0.15, -0.1) is 0 Å². The Kier molecular flexibility index (Phi) is 4.99. The zero-order valence-electron chi connectivity index (χ0n) is 12.3. The number of hydrogen-bond acceptors (Lipinski definition) is 4. The van der Waals surface area contributed by atoms with Gasteiger partial charge in [0.2, 0.25) is 10.0 Å². The van der Waals surface area contributed by atoms with Crippen LogP contribution in [-0.2, 0) is 14.8 Å². The first kappa shape index (κ1) is 17.1. The normalized spacial score (nSPS) is 22.7. The maximum atomic E-state index is 12.9. The average Bonchev–Trinajstić information content (AvgIpc) is 2.91. The minimum Gasteiger partial charge on any atom is -0.495 e. The molecule has 8 heteroatoms. The molecule has 2 unspecified atom stereocenters. The van der Waals surface area contributed by atoms with Gasteiger partial charge in [-0.1, -0.05) is 18.5 Å². The Morgan fingerprint density at radius 1 is 1.50 bits per heavy atom. The first-order valence-corrected chi connectivity index (χ1v) is 8.73. The number of hydrogen-bond donors (Lipinski definition) is 1. The number of ether oxygens (including phenoxy) is 1. The molecule has 0 aliphatic carbocycles. The number of benzene rings is 1. The van der Waals surface area contributed by atoms with Crippen LogP contribution in [0.3, 0.4) is 0 Å². The molecule has 1 aromatic rings. The van der Waals surface area contributed by atoms with Crippen LogP contribution in [0.1, 0.15) is 19.8 Å². The van der Waals surface area contributed by atoms with Crippen molar-refractivity contribution >= 4 is 27.6 Å². The predicted molar refractivity (Wildman–Crippen MR) is 81.7 cm³/mol. The molecule has 0 amide bonds. The van der Waals surface area contributed by atoms with Crippen LogP contribution in [0.25, 0.3) is 0 Å². The molecule has 0 radical (unpaired) electrons. The number of aliphatic carboxylic acids is 1. The largest absolute Gasteiger partial charge is 0.495 e. The fraction of sp³-hybridized carbons (Fsp3) is 0.500. The molecule has 0 spiro atoms. The Balaban J connectivity index is 2.45. The number of rotatable bonds is 5. The lowest BCUT2D eigenvalue weighted by atomic mass is 9.99. The summed E-state index contributed by atoms with van der Waals surface area (Å²) in [5.74, 6) is -1.49. The van der Waals surface area contributed by atoms with Crippen molar-refractivity contribution in [2.75, 3.05) is 13.7 Å². The van der Waals surface area contributed by atoms with Crippen molar-refractivity contribution in [2.45, 2.75) is 30.7 Å². The molecule has 6 nitrogen and oxygen atoms in total. The van der Waals surface area contributed by atoms with Gasteiger partial charge in [-0.2, -0.15) is 4.31 Å². The lowest BCUT2D eigenvalue weighted by Gasteiger charge is -2.25. The van der Waals surface area contributed by atoms with E-state index in [1.807, 2.05) is 0 Å². The molecule has 1 aromatic carbocycles. The lowest BCUT2D eigenvalue weighted by molar-refractivity contribution is -0.142. The van der Waals surface area contributed by atoms with E-state index in [0.29, 0.717) is 17.9 Å². The number of sulfonamides is 1. The minimum absolute atomic E-state index is 0.00360. The Morgan fingerprint density at radius 2 is 2.18 bits per heavy atom. The van der Waals surface area contributed by atoms with Crippen LogP contribution in [0.5, 0.6) is 5.75 Å². The van der Waals surface area contributed by atoms with Crippen LogP contribution >= 0.6 is 11.6 Å². The van der Waals surface area contributed by atoms with Crippen molar-refractivity contribution in [3.05, 3.63) is 23.2 Å². The molecule has 0 saturated carbocycles. The van der Waals surface area contributed by atoms with Gasteiger partial charge in [-0.3, -0.25) is 4.79 Å². The van der Waals surface area contributed by atoms with Crippen molar-refractivity contribution in [2.24, 2.45) is 5.92 Å². The maximum Gasteiger partial charge on any atom is 0.308 e. The van der Waals surface area contributed by atoms with Crippen LogP contribution in [0.4, 0.5) is 0 Å². The van der Waals surface area contributed by atoms with E-state index in [4.69, 9.17) is 16.3 Å². The van der Waals surface area contributed by atoms with Gasteiger partial charge < -0.3 is 9.84 Å². The average molecular weight is 348 g/mol. The molecule has 2 atom stereocenters. The first-order chi connectivity index (χ1) is 10.3. The summed E-state index contributed by atoms with van der Waals surface area (Å²) in [4.78, 5) is 11.3. The fourth-order valence-corrected chi connectivity index (χ4v) is 4.93. The quantitative estimate of drug-likeness (QED) is 0.882. The molecule has 1 fully saturated rings. The molecule has 0 aromatic heterocycles.